The van der Waals surface area contributed by atoms with Gasteiger partial charge in [0.25, 0.3) is 5.91 Å². The number of halogens is 1. The molecular weight excluding hydrogens is 436 g/mol. The Balaban J connectivity index is 1.76. The molecule has 0 unspecified atom stereocenters. The minimum absolute atomic E-state index is 0.124. The molecule has 0 aliphatic rings. The van der Waals surface area contributed by atoms with Crippen LogP contribution in [0.3, 0.4) is 0 Å². The van der Waals surface area contributed by atoms with Gasteiger partial charge in [0.05, 0.1) is 22.7 Å². The number of aryl methyl sites for hydroxylation is 2. The number of aromatic nitrogens is 2. The molecule has 164 valence electrons. The highest BCUT2D eigenvalue weighted by Gasteiger charge is 2.21. The van der Waals surface area contributed by atoms with Crippen LogP contribution in [0, 0.1) is 13.8 Å². The van der Waals surface area contributed by atoms with Crippen LogP contribution < -0.4 is 10.0 Å². The van der Waals surface area contributed by atoms with E-state index in [1.54, 1.807) is 25.5 Å². The summed E-state index contributed by atoms with van der Waals surface area (Å²) in [7, 11) is -3.60. The predicted octanol–water partition coefficient (Wildman–Crippen LogP) is 4.14. The van der Waals surface area contributed by atoms with E-state index in [2.05, 4.69) is 15.1 Å². The number of carbonyl (C=O) groups excluding carboxylic acids is 1. The zero-order valence-corrected chi connectivity index (χ0v) is 19.4. The minimum Gasteiger partial charge on any atom is -0.322 e. The second kappa shape index (κ2) is 9.21. The normalized spacial score (nSPS) is 11.7. The Labute approximate surface area is 187 Å². The molecule has 0 radical (unpaired) electrons. The van der Waals surface area contributed by atoms with Crippen LogP contribution in [0.4, 0.5) is 5.69 Å². The van der Waals surface area contributed by atoms with E-state index in [9.17, 15) is 13.2 Å². The molecule has 0 saturated carbocycles. The van der Waals surface area contributed by atoms with Crippen LogP contribution in [0.1, 0.15) is 41.0 Å². The molecule has 0 bridgehead atoms. The van der Waals surface area contributed by atoms with Gasteiger partial charge in [0.1, 0.15) is 5.15 Å². The fourth-order valence-corrected chi connectivity index (χ4v) is 4.64. The van der Waals surface area contributed by atoms with Gasteiger partial charge in [0, 0.05) is 11.7 Å². The molecule has 0 aliphatic heterocycles. The third-order valence-electron chi connectivity index (χ3n) is 4.56. The standard InChI is InChI=1S/C22H25ClN4O3S/c1-14(2)26-31(29,30)19-11-9-18(10-12-19)24-22(28)20-16(4)25-27(21(20)23)13-17-7-5-15(3)6-8-17/h5-12,14,26H,13H2,1-4H3,(H,24,28). The smallest absolute Gasteiger partial charge is 0.260 e. The maximum Gasteiger partial charge on any atom is 0.260 e. The van der Waals surface area contributed by atoms with Gasteiger partial charge >= 0.3 is 0 Å². The van der Waals surface area contributed by atoms with Gasteiger partial charge in [0.15, 0.2) is 0 Å². The Bertz CT molecular complexity index is 1180. The predicted molar refractivity (Wildman–Crippen MR) is 122 cm³/mol. The molecule has 2 N–H and O–H groups in total. The molecule has 0 fully saturated rings. The molecule has 9 heteroatoms. The van der Waals surface area contributed by atoms with E-state index in [4.69, 9.17) is 11.6 Å². The van der Waals surface area contributed by atoms with Gasteiger partial charge < -0.3 is 5.32 Å². The summed E-state index contributed by atoms with van der Waals surface area (Å²) < 4.78 is 28.6. The van der Waals surface area contributed by atoms with Crippen molar-refractivity contribution in [3.8, 4) is 0 Å². The molecule has 1 heterocycles. The Hall–Kier alpha value is -2.68. The van der Waals surface area contributed by atoms with Crippen LogP contribution in [-0.2, 0) is 16.6 Å². The quantitative estimate of drug-likeness (QED) is 0.554. The summed E-state index contributed by atoms with van der Waals surface area (Å²) in [6.07, 6.45) is 0. The molecule has 0 saturated heterocycles. The van der Waals surface area contributed by atoms with Crippen molar-refractivity contribution in [2.75, 3.05) is 5.32 Å². The van der Waals surface area contributed by atoms with Gasteiger partial charge in [-0.15, -0.1) is 0 Å². The number of hydrogen-bond donors (Lipinski definition) is 2. The van der Waals surface area contributed by atoms with E-state index in [0.29, 0.717) is 17.9 Å². The van der Waals surface area contributed by atoms with Gasteiger partial charge in [-0.25, -0.2) is 17.8 Å². The van der Waals surface area contributed by atoms with Gasteiger partial charge in [-0.2, -0.15) is 5.10 Å². The molecule has 1 amide bonds. The summed E-state index contributed by atoms with van der Waals surface area (Å²) in [4.78, 5) is 12.9. The van der Waals surface area contributed by atoms with Crippen molar-refractivity contribution >= 4 is 33.2 Å². The van der Waals surface area contributed by atoms with Gasteiger partial charge in [-0.3, -0.25) is 4.79 Å². The van der Waals surface area contributed by atoms with Crippen molar-refractivity contribution in [1.82, 2.24) is 14.5 Å². The molecule has 31 heavy (non-hydrogen) atoms. The number of hydrogen-bond acceptors (Lipinski definition) is 4. The van der Waals surface area contributed by atoms with Crippen LogP contribution in [-0.4, -0.2) is 30.1 Å². The summed E-state index contributed by atoms with van der Waals surface area (Å²) >= 11 is 6.46. The zero-order chi connectivity index (χ0) is 22.8. The van der Waals surface area contributed by atoms with Crippen LogP contribution in [0.25, 0.3) is 0 Å². The first-order chi connectivity index (χ1) is 14.6. The lowest BCUT2D eigenvalue weighted by atomic mass is 10.1. The van der Waals surface area contributed by atoms with Crippen molar-refractivity contribution in [3.63, 3.8) is 0 Å². The Morgan fingerprint density at radius 1 is 1.06 bits per heavy atom. The van der Waals surface area contributed by atoms with Gasteiger partial charge in [-0.05, 0) is 57.5 Å². The zero-order valence-electron chi connectivity index (χ0n) is 17.8. The summed E-state index contributed by atoms with van der Waals surface area (Å²) in [5.41, 5.74) is 3.43. The van der Waals surface area contributed by atoms with E-state index in [1.165, 1.54) is 24.3 Å². The number of carbonyl (C=O) groups is 1. The lowest BCUT2D eigenvalue weighted by Gasteiger charge is -2.10. The summed E-state index contributed by atoms with van der Waals surface area (Å²) in [5.74, 6) is -0.409. The first-order valence-electron chi connectivity index (χ1n) is 9.79. The molecular formula is C22H25ClN4O3S. The van der Waals surface area contributed by atoms with E-state index in [-0.39, 0.29) is 21.7 Å². The lowest BCUT2D eigenvalue weighted by Crippen LogP contribution is -2.30. The number of amides is 1. The average Bonchev–Trinajstić information content (AvgIpc) is 2.96. The van der Waals surface area contributed by atoms with E-state index >= 15 is 0 Å². The maximum absolute atomic E-state index is 12.8. The van der Waals surface area contributed by atoms with E-state index in [1.807, 2.05) is 31.2 Å². The van der Waals surface area contributed by atoms with E-state index in [0.717, 1.165) is 11.1 Å². The second-order valence-corrected chi connectivity index (χ2v) is 9.72. The Kier molecular flexibility index (Phi) is 6.83. The third-order valence-corrected chi connectivity index (χ3v) is 6.62. The van der Waals surface area contributed by atoms with Gasteiger partial charge in [-0.1, -0.05) is 41.4 Å². The van der Waals surface area contributed by atoms with Crippen molar-refractivity contribution < 1.29 is 13.2 Å². The maximum atomic E-state index is 12.8. The first kappa shape index (κ1) is 23.0. The van der Waals surface area contributed by atoms with E-state index < -0.39 is 15.9 Å². The van der Waals surface area contributed by atoms with Crippen LogP contribution in [0.5, 0.6) is 0 Å². The number of nitrogens with one attached hydrogen (secondary N) is 2. The number of sulfonamides is 1. The lowest BCUT2D eigenvalue weighted by molar-refractivity contribution is 0.102. The van der Waals surface area contributed by atoms with Crippen LogP contribution in [0.2, 0.25) is 5.15 Å². The fourth-order valence-electron chi connectivity index (χ4n) is 3.07. The number of benzene rings is 2. The number of anilines is 1. The molecule has 0 spiro atoms. The van der Waals surface area contributed by atoms with Crippen molar-refractivity contribution in [1.29, 1.82) is 0 Å². The Morgan fingerprint density at radius 3 is 2.26 bits per heavy atom. The van der Waals surface area contributed by atoms with Crippen molar-refractivity contribution in [3.05, 3.63) is 76.1 Å². The van der Waals surface area contributed by atoms with Crippen LogP contribution >= 0.6 is 11.6 Å². The first-order valence-corrected chi connectivity index (χ1v) is 11.6. The van der Waals surface area contributed by atoms with Crippen molar-refractivity contribution in [2.24, 2.45) is 0 Å². The monoisotopic (exact) mass is 460 g/mol. The molecule has 0 aliphatic carbocycles. The van der Waals surface area contributed by atoms with Gasteiger partial charge in [0.2, 0.25) is 10.0 Å². The second-order valence-electron chi connectivity index (χ2n) is 7.65. The molecule has 3 rings (SSSR count). The summed E-state index contributed by atoms with van der Waals surface area (Å²) in [6, 6.07) is 13.7. The topological polar surface area (TPSA) is 93.1 Å². The fraction of sp³-hybridized carbons (Fsp3) is 0.273. The molecule has 1 aromatic heterocycles. The molecule has 7 nitrogen and oxygen atoms in total. The van der Waals surface area contributed by atoms with Crippen LogP contribution in [0.15, 0.2) is 53.4 Å². The highest BCUT2D eigenvalue weighted by atomic mass is 35.5. The van der Waals surface area contributed by atoms with Crippen molar-refractivity contribution in [2.45, 2.75) is 45.2 Å². The number of rotatable bonds is 7. The highest BCUT2D eigenvalue weighted by molar-refractivity contribution is 7.89. The molecule has 3 aromatic rings. The summed E-state index contributed by atoms with van der Waals surface area (Å²) in [5, 5.41) is 7.40. The number of nitrogens with zero attached hydrogens (tertiary/aromatic N) is 2. The third kappa shape index (κ3) is 5.52. The Morgan fingerprint density at radius 2 is 1.68 bits per heavy atom. The minimum atomic E-state index is -3.60. The summed E-state index contributed by atoms with van der Waals surface area (Å²) in [6.45, 7) is 7.68. The molecule has 0 atom stereocenters. The average molecular weight is 461 g/mol. The largest absolute Gasteiger partial charge is 0.322 e. The SMILES string of the molecule is Cc1ccc(Cn2nc(C)c(C(=O)Nc3ccc(S(=O)(=O)NC(C)C)cc3)c2Cl)cc1. The highest BCUT2D eigenvalue weighted by Crippen LogP contribution is 2.23. The molecule has 2 aromatic carbocycles.